The first-order valence-corrected chi connectivity index (χ1v) is 6.13. The minimum absolute atomic E-state index is 0.0188. The van der Waals surface area contributed by atoms with Gasteiger partial charge in [-0.05, 0) is 23.8 Å². The van der Waals surface area contributed by atoms with E-state index in [0.29, 0.717) is 16.8 Å². The van der Waals surface area contributed by atoms with Crippen LogP contribution in [0.15, 0.2) is 45.7 Å². The minimum Gasteiger partial charge on any atom is -0.478 e. The van der Waals surface area contributed by atoms with E-state index in [4.69, 9.17) is 10.2 Å². The fraction of sp³-hybridized carbons (Fsp3) is 0.0714. The van der Waals surface area contributed by atoms with Crippen molar-refractivity contribution >= 4 is 22.9 Å². The van der Waals surface area contributed by atoms with Crippen LogP contribution in [0, 0.1) is 0 Å². The van der Waals surface area contributed by atoms with Gasteiger partial charge in [-0.1, -0.05) is 12.1 Å². The third-order valence-corrected chi connectivity index (χ3v) is 3.15. The van der Waals surface area contributed by atoms with Gasteiger partial charge in [0.2, 0.25) is 0 Å². The molecule has 7 heteroatoms. The molecule has 106 valence electrons. The number of benzene rings is 1. The number of rotatable bonds is 3. The highest BCUT2D eigenvalue weighted by atomic mass is 16.4. The van der Waals surface area contributed by atoms with E-state index in [9.17, 15) is 14.7 Å². The molecule has 0 amide bonds. The molecule has 0 atom stereocenters. The van der Waals surface area contributed by atoms with Gasteiger partial charge in [-0.15, -0.1) is 0 Å². The van der Waals surface area contributed by atoms with Crippen molar-refractivity contribution in [1.29, 1.82) is 0 Å². The molecular weight excluding hydrogens is 274 g/mol. The lowest BCUT2D eigenvalue weighted by Crippen LogP contribution is -2.18. The van der Waals surface area contributed by atoms with Crippen molar-refractivity contribution in [2.24, 2.45) is 0 Å². The number of carboxylic acid groups (broad SMARTS) is 1. The highest BCUT2D eigenvalue weighted by Crippen LogP contribution is 2.19. The van der Waals surface area contributed by atoms with E-state index in [-0.39, 0.29) is 17.8 Å². The first-order chi connectivity index (χ1) is 10.1. The lowest BCUT2D eigenvalue weighted by molar-refractivity contribution is 0.0696. The van der Waals surface area contributed by atoms with Crippen molar-refractivity contribution in [3.05, 3.63) is 58.2 Å². The molecule has 2 aromatic heterocycles. The SMILES string of the molecule is Nc1cccc(Cn2c(=O)oc3cccnc32)c1C(=O)O. The molecule has 3 rings (SSSR count). The maximum absolute atomic E-state index is 11.9. The van der Waals surface area contributed by atoms with Gasteiger partial charge >= 0.3 is 11.7 Å². The summed E-state index contributed by atoms with van der Waals surface area (Å²) in [6, 6.07) is 8.02. The number of oxazole rings is 1. The number of carboxylic acids is 1. The molecule has 0 fully saturated rings. The van der Waals surface area contributed by atoms with Gasteiger partial charge in [0.1, 0.15) is 0 Å². The van der Waals surface area contributed by atoms with Crippen molar-refractivity contribution in [1.82, 2.24) is 9.55 Å². The number of anilines is 1. The Hall–Kier alpha value is -3.09. The molecule has 0 spiro atoms. The highest BCUT2D eigenvalue weighted by Gasteiger charge is 2.17. The van der Waals surface area contributed by atoms with Crippen LogP contribution in [-0.4, -0.2) is 20.6 Å². The number of pyridine rings is 1. The molecule has 3 aromatic rings. The van der Waals surface area contributed by atoms with Crippen LogP contribution in [0.2, 0.25) is 0 Å². The van der Waals surface area contributed by atoms with Gasteiger partial charge in [-0.2, -0.15) is 0 Å². The van der Waals surface area contributed by atoms with Crippen LogP contribution in [0.3, 0.4) is 0 Å². The first kappa shape index (κ1) is 12.9. The fourth-order valence-electron chi connectivity index (χ4n) is 2.22. The van der Waals surface area contributed by atoms with Crippen LogP contribution in [0.5, 0.6) is 0 Å². The second-order valence-corrected chi connectivity index (χ2v) is 4.47. The summed E-state index contributed by atoms with van der Waals surface area (Å²) in [6.45, 7) is 0.0233. The Morgan fingerprint density at radius 1 is 1.33 bits per heavy atom. The van der Waals surface area contributed by atoms with E-state index in [1.807, 2.05) is 0 Å². The molecule has 0 radical (unpaired) electrons. The highest BCUT2D eigenvalue weighted by molar-refractivity contribution is 5.95. The zero-order valence-electron chi connectivity index (χ0n) is 10.8. The first-order valence-electron chi connectivity index (χ1n) is 6.13. The predicted octanol–water partition coefficient (Wildman–Crippen LogP) is 1.32. The van der Waals surface area contributed by atoms with Crippen molar-refractivity contribution in [3.8, 4) is 0 Å². The summed E-state index contributed by atoms with van der Waals surface area (Å²) in [5.41, 5.74) is 6.95. The molecule has 3 N–H and O–H groups in total. The molecule has 0 aliphatic rings. The summed E-state index contributed by atoms with van der Waals surface area (Å²) in [7, 11) is 0. The third kappa shape index (κ3) is 2.14. The smallest absolute Gasteiger partial charge is 0.421 e. The fourth-order valence-corrected chi connectivity index (χ4v) is 2.22. The summed E-state index contributed by atoms with van der Waals surface area (Å²) < 4.78 is 6.34. The van der Waals surface area contributed by atoms with Gasteiger partial charge in [0.05, 0.1) is 12.1 Å². The Morgan fingerprint density at radius 3 is 2.90 bits per heavy atom. The number of aromatic nitrogens is 2. The van der Waals surface area contributed by atoms with Crippen LogP contribution in [0.25, 0.3) is 11.2 Å². The lowest BCUT2D eigenvalue weighted by atomic mass is 10.1. The number of hydrogen-bond donors (Lipinski definition) is 2. The minimum atomic E-state index is -1.14. The van der Waals surface area contributed by atoms with Gasteiger partial charge in [0.15, 0.2) is 11.2 Å². The quantitative estimate of drug-likeness (QED) is 0.702. The van der Waals surface area contributed by atoms with E-state index >= 15 is 0 Å². The average molecular weight is 285 g/mol. The van der Waals surface area contributed by atoms with Gasteiger partial charge in [-0.3, -0.25) is 4.57 Å². The maximum Gasteiger partial charge on any atom is 0.421 e. The van der Waals surface area contributed by atoms with E-state index in [1.54, 1.807) is 24.3 Å². The molecule has 0 aliphatic heterocycles. The Morgan fingerprint density at radius 2 is 2.14 bits per heavy atom. The Balaban J connectivity index is 2.16. The van der Waals surface area contributed by atoms with Crippen LogP contribution >= 0.6 is 0 Å². The summed E-state index contributed by atoms with van der Waals surface area (Å²) >= 11 is 0. The van der Waals surface area contributed by atoms with Crippen molar-refractivity contribution in [3.63, 3.8) is 0 Å². The monoisotopic (exact) mass is 285 g/mol. The molecule has 21 heavy (non-hydrogen) atoms. The number of nitrogens with zero attached hydrogens (tertiary/aromatic N) is 2. The van der Waals surface area contributed by atoms with Gasteiger partial charge in [0, 0.05) is 11.9 Å². The predicted molar refractivity (Wildman–Crippen MR) is 75.2 cm³/mol. The van der Waals surface area contributed by atoms with E-state index in [0.717, 1.165) is 0 Å². The zero-order chi connectivity index (χ0) is 15.0. The summed E-state index contributed by atoms with van der Waals surface area (Å²) in [5, 5.41) is 9.25. The molecule has 2 heterocycles. The Labute approximate surface area is 118 Å². The standard InChI is InChI=1S/C14H11N3O4/c15-9-4-1-3-8(11(9)13(18)19)7-17-12-10(21-14(17)20)5-2-6-16-12/h1-6H,7,15H2,(H,18,19). The van der Waals surface area contributed by atoms with Crippen LogP contribution < -0.4 is 11.5 Å². The third-order valence-electron chi connectivity index (χ3n) is 3.15. The maximum atomic E-state index is 11.9. The van der Waals surface area contributed by atoms with Crippen LogP contribution in [0.1, 0.15) is 15.9 Å². The molecule has 0 unspecified atom stereocenters. The largest absolute Gasteiger partial charge is 0.478 e. The van der Waals surface area contributed by atoms with Crippen molar-refractivity contribution in [2.45, 2.75) is 6.54 Å². The van der Waals surface area contributed by atoms with Crippen molar-refractivity contribution in [2.75, 3.05) is 5.73 Å². The number of carbonyl (C=O) groups is 1. The number of hydrogen-bond acceptors (Lipinski definition) is 5. The molecule has 1 aromatic carbocycles. The average Bonchev–Trinajstić information content (AvgIpc) is 2.75. The van der Waals surface area contributed by atoms with Gasteiger partial charge < -0.3 is 15.3 Å². The summed E-state index contributed by atoms with van der Waals surface area (Å²) in [6.07, 6.45) is 1.53. The second kappa shape index (κ2) is 4.78. The van der Waals surface area contributed by atoms with Gasteiger partial charge in [-0.25, -0.2) is 14.6 Å². The summed E-state index contributed by atoms with van der Waals surface area (Å²) in [5.74, 6) is -1.74. The Bertz CT molecular complexity index is 895. The lowest BCUT2D eigenvalue weighted by Gasteiger charge is -2.08. The Kier molecular flexibility index (Phi) is 2.94. The van der Waals surface area contributed by atoms with Crippen LogP contribution in [-0.2, 0) is 6.54 Å². The molecule has 7 nitrogen and oxygen atoms in total. The molecule has 0 aliphatic carbocycles. The zero-order valence-corrected chi connectivity index (χ0v) is 10.8. The molecule has 0 saturated carbocycles. The molecular formula is C14H11N3O4. The molecule has 0 bridgehead atoms. The summed E-state index contributed by atoms with van der Waals surface area (Å²) in [4.78, 5) is 27.3. The van der Waals surface area contributed by atoms with E-state index < -0.39 is 11.7 Å². The van der Waals surface area contributed by atoms with E-state index in [1.165, 1.54) is 16.8 Å². The normalized spacial score (nSPS) is 10.9. The van der Waals surface area contributed by atoms with Crippen LogP contribution in [0.4, 0.5) is 5.69 Å². The van der Waals surface area contributed by atoms with E-state index in [2.05, 4.69) is 4.98 Å². The number of nitrogen functional groups attached to an aromatic ring is 1. The number of aromatic carboxylic acids is 1. The molecule has 0 saturated heterocycles. The van der Waals surface area contributed by atoms with Gasteiger partial charge in [0.25, 0.3) is 0 Å². The second-order valence-electron chi connectivity index (χ2n) is 4.47. The number of fused-ring (bicyclic) bond motifs is 1. The number of nitrogens with two attached hydrogens (primary N) is 1. The van der Waals surface area contributed by atoms with Crippen molar-refractivity contribution < 1.29 is 14.3 Å². The topological polar surface area (TPSA) is 111 Å².